The van der Waals surface area contributed by atoms with E-state index in [1.807, 2.05) is 25.1 Å². The maximum atomic E-state index is 13.3. The summed E-state index contributed by atoms with van der Waals surface area (Å²) in [5.74, 6) is 0.602. The van der Waals surface area contributed by atoms with Gasteiger partial charge in [-0.15, -0.1) is 0 Å². The zero-order valence-corrected chi connectivity index (χ0v) is 17.1. The molecule has 1 aliphatic rings. The summed E-state index contributed by atoms with van der Waals surface area (Å²) in [4.78, 5) is 19.8. The molecule has 2 aromatic carbocycles. The van der Waals surface area contributed by atoms with Gasteiger partial charge in [0.2, 0.25) is 0 Å². The number of rotatable bonds is 6. The molecule has 1 saturated heterocycles. The Hall–Kier alpha value is -2.15. The van der Waals surface area contributed by atoms with Gasteiger partial charge in [-0.2, -0.15) is 0 Å². The van der Waals surface area contributed by atoms with E-state index in [2.05, 4.69) is 0 Å². The smallest absolute Gasteiger partial charge is 0.260 e. The van der Waals surface area contributed by atoms with Gasteiger partial charge < -0.3 is 9.47 Å². The van der Waals surface area contributed by atoms with Crippen molar-refractivity contribution < 1.29 is 14.3 Å². The van der Waals surface area contributed by atoms with Crippen LogP contribution in [0.25, 0.3) is 10.2 Å². The molecular weight excluding hydrogens is 396 g/mol. The molecule has 1 aromatic heterocycles. The zero-order chi connectivity index (χ0) is 19.5. The van der Waals surface area contributed by atoms with E-state index in [1.165, 1.54) is 11.3 Å². The fourth-order valence-electron chi connectivity index (χ4n) is 3.32. The third kappa shape index (κ3) is 3.99. The zero-order valence-electron chi connectivity index (χ0n) is 15.6. The van der Waals surface area contributed by atoms with Crippen molar-refractivity contribution in [2.45, 2.75) is 25.9 Å². The number of fused-ring (bicyclic) bond motifs is 1. The second-order valence-corrected chi connectivity index (χ2v) is 8.04. The lowest BCUT2D eigenvalue weighted by atomic mass is 10.2. The number of thiazole rings is 1. The Labute approximate surface area is 172 Å². The van der Waals surface area contributed by atoms with Crippen LogP contribution in [0.2, 0.25) is 5.02 Å². The number of hydrogen-bond acceptors (Lipinski definition) is 5. The first-order chi connectivity index (χ1) is 13.7. The quantitative estimate of drug-likeness (QED) is 0.556. The maximum absolute atomic E-state index is 13.3. The molecule has 0 aliphatic carbocycles. The number of aromatic nitrogens is 1. The first-order valence-electron chi connectivity index (χ1n) is 9.37. The molecule has 5 nitrogen and oxygen atoms in total. The molecule has 28 heavy (non-hydrogen) atoms. The number of amides is 1. The monoisotopic (exact) mass is 416 g/mol. The molecule has 1 unspecified atom stereocenters. The maximum Gasteiger partial charge on any atom is 0.260 e. The Morgan fingerprint density at radius 2 is 2.21 bits per heavy atom. The summed E-state index contributed by atoms with van der Waals surface area (Å²) in [6.07, 6.45) is 1.97. The molecule has 1 fully saturated rings. The van der Waals surface area contributed by atoms with Crippen LogP contribution >= 0.6 is 22.9 Å². The molecule has 0 N–H and O–H groups in total. The largest absolute Gasteiger partial charge is 0.492 e. The van der Waals surface area contributed by atoms with Gasteiger partial charge in [-0.1, -0.05) is 35.1 Å². The third-order valence-corrected chi connectivity index (χ3v) is 5.91. The first kappa shape index (κ1) is 19.2. The van der Waals surface area contributed by atoms with Gasteiger partial charge in [0.15, 0.2) is 5.13 Å². The minimum Gasteiger partial charge on any atom is -0.492 e. The van der Waals surface area contributed by atoms with E-state index >= 15 is 0 Å². The van der Waals surface area contributed by atoms with Gasteiger partial charge in [-0.05, 0) is 50.1 Å². The summed E-state index contributed by atoms with van der Waals surface area (Å²) in [5.41, 5.74) is 1.32. The number of carbonyl (C=O) groups excluding carboxylic acids is 1. The van der Waals surface area contributed by atoms with E-state index in [-0.39, 0.29) is 12.0 Å². The van der Waals surface area contributed by atoms with Crippen molar-refractivity contribution in [1.82, 2.24) is 4.98 Å². The highest BCUT2D eigenvalue weighted by molar-refractivity contribution is 7.22. The lowest BCUT2D eigenvalue weighted by Gasteiger charge is -2.23. The van der Waals surface area contributed by atoms with E-state index in [4.69, 9.17) is 26.1 Å². The molecule has 0 bridgehead atoms. The van der Waals surface area contributed by atoms with E-state index in [0.717, 1.165) is 35.4 Å². The fraction of sp³-hybridized carbons (Fsp3) is 0.333. The van der Waals surface area contributed by atoms with Crippen molar-refractivity contribution in [2.75, 3.05) is 24.7 Å². The summed E-state index contributed by atoms with van der Waals surface area (Å²) in [5, 5.41) is 1.17. The van der Waals surface area contributed by atoms with Gasteiger partial charge in [-0.3, -0.25) is 9.69 Å². The van der Waals surface area contributed by atoms with Gasteiger partial charge in [-0.25, -0.2) is 4.98 Å². The minimum atomic E-state index is -0.130. The second-order valence-electron chi connectivity index (χ2n) is 6.59. The Morgan fingerprint density at radius 1 is 1.36 bits per heavy atom. The molecule has 3 aromatic rings. The van der Waals surface area contributed by atoms with Crippen molar-refractivity contribution in [3.63, 3.8) is 0 Å². The van der Waals surface area contributed by atoms with Crippen LogP contribution in [0.4, 0.5) is 5.13 Å². The van der Waals surface area contributed by atoms with Gasteiger partial charge in [0.25, 0.3) is 5.91 Å². The van der Waals surface area contributed by atoms with Crippen molar-refractivity contribution in [3.05, 3.63) is 53.1 Å². The lowest BCUT2D eigenvalue weighted by molar-refractivity contribution is 0.0917. The van der Waals surface area contributed by atoms with E-state index in [1.54, 1.807) is 29.2 Å². The van der Waals surface area contributed by atoms with Crippen LogP contribution < -0.4 is 9.64 Å². The number of para-hydroxylation sites is 1. The van der Waals surface area contributed by atoms with Crippen LogP contribution in [-0.4, -0.2) is 36.8 Å². The molecular formula is C21H21ClN2O3S. The summed E-state index contributed by atoms with van der Waals surface area (Å²) in [7, 11) is 0. The van der Waals surface area contributed by atoms with E-state index < -0.39 is 0 Å². The number of carbonyl (C=O) groups is 1. The normalized spacial score (nSPS) is 16.4. The molecule has 2 heterocycles. The molecule has 1 atom stereocenters. The molecule has 0 radical (unpaired) electrons. The molecule has 0 spiro atoms. The Balaban J connectivity index is 1.73. The molecule has 1 aliphatic heterocycles. The minimum absolute atomic E-state index is 0.0153. The lowest BCUT2D eigenvalue weighted by Crippen LogP contribution is -2.37. The number of hydrogen-bond donors (Lipinski definition) is 0. The fourth-order valence-corrected chi connectivity index (χ4v) is 4.50. The Kier molecular flexibility index (Phi) is 5.80. The van der Waals surface area contributed by atoms with Crippen molar-refractivity contribution in [1.29, 1.82) is 0 Å². The predicted octanol–water partition coefficient (Wildman–Crippen LogP) is 5.17. The van der Waals surface area contributed by atoms with Crippen LogP contribution in [-0.2, 0) is 4.74 Å². The highest BCUT2D eigenvalue weighted by Gasteiger charge is 2.27. The predicted molar refractivity (Wildman–Crippen MR) is 113 cm³/mol. The van der Waals surface area contributed by atoms with Crippen LogP contribution in [0, 0.1) is 0 Å². The summed E-state index contributed by atoms with van der Waals surface area (Å²) >= 11 is 7.59. The molecule has 1 amide bonds. The van der Waals surface area contributed by atoms with Crippen molar-refractivity contribution in [2.24, 2.45) is 0 Å². The van der Waals surface area contributed by atoms with Crippen LogP contribution in [0.3, 0.4) is 0 Å². The number of halogens is 1. The number of benzene rings is 2. The molecule has 4 rings (SSSR count). The van der Waals surface area contributed by atoms with Crippen molar-refractivity contribution >= 4 is 44.2 Å². The highest BCUT2D eigenvalue weighted by atomic mass is 35.5. The van der Waals surface area contributed by atoms with Crippen molar-refractivity contribution in [3.8, 4) is 5.75 Å². The topological polar surface area (TPSA) is 51.7 Å². The highest BCUT2D eigenvalue weighted by Crippen LogP contribution is 2.35. The Morgan fingerprint density at radius 3 is 2.96 bits per heavy atom. The average Bonchev–Trinajstić information content (AvgIpc) is 3.36. The number of anilines is 1. The number of ether oxygens (including phenoxy) is 2. The molecule has 7 heteroatoms. The standard InChI is InChI=1S/C21H21ClN2O3S/c1-2-26-17-9-4-10-18-19(17)23-21(28-18)24(13-16-8-5-11-27-16)20(25)14-6-3-7-15(22)12-14/h3-4,6-7,9-10,12,16H,2,5,8,11,13H2,1H3. The van der Waals surface area contributed by atoms with Gasteiger partial charge in [0.05, 0.1) is 24.0 Å². The van der Waals surface area contributed by atoms with Crippen LogP contribution in [0.15, 0.2) is 42.5 Å². The van der Waals surface area contributed by atoms with Crippen LogP contribution in [0.5, 0.6) is 5.75 Å². The third-order valence-electron chi connectivity index (χ3n) is 4.63. The van der Waals surface area contributed by atoms with Crippen LogP contribution in [0.1, 0.15) is 30.1 Å². The van der Waals surface area contributed by atoms with Gasteiger partial charge in [0.1, 0.15) is 11.3 Å². The molecule has 0 saturated carbocycles. The summed E-state index contributed by atoms with van der Waals surface area (Å²) in [6, 6.07) is 12.8. The van der Waals surface area contributed by atoms with E-state index in [0.29, 0.717) is 28.9 Å². The first-order valence-corrected chi connectivity index (χ1v) is 10.6. The van der Waals surface area contributed by atoms with Gasteiger partial charge >= 0.3 is 0 Å². The molecule has 146 valence electrons. The number of nitrogens with zero attached hydrogens (tertiary/aromatic N) is 2. The van der Waals surface area contributed by atoms with E-state index in [9.17, 15) is 4.79 Å². The Bertz CT molecular complexity index is 985. The second kappa shape index (κ2) is 8.47. The summed E-state index contributed by atoms with van der Waals surface area (Å²) in [6.45, 7) is 3.71. The van der Waals surface area contributed by atoms with Gasteiger partial charge in [0, 0.05) is 17.2 Å². The SMILES string of the molecule is CCOc1cccc2sc(N(CC3CCCO3)C(=O)c3cccc(Cl)c3)nc12. The average molecular weight is 417 g/mol. The summed E-state index contributed by atoms with van der Waals surface area (Å²) < 4.78 is 12.5.